The van der Waals surface area contributed by atoms with Crippen molar-refractivity contribution in [1.29, 1.82) is 0 Å². The predicted octanol–water partition coefficient (Wildman–Crippen LogP) is 4.53. The Kier molecular flexibility index (Phi) is 4.10. The van der Waals surface area contributed by atoms with Gasteiger partial charge >= 0.3 is 0 Å². The molecule has 0 N–H and O–H groups in total. The van der Waals surface area contributed by atoms with E-state index in [-0.39, 0.29) is 0 Å². The van der Waals surface area contributed by atoms with Gasteiger partial charge in [0.25, 0.3) is 0 Å². The molecule has 6 heteroatoms. The Morgan fingerprint density at radius 3 is 2.56 bits per heavy atom. The summed E-state index contributed by atoms with van der Waals surface area (Å²) < 4.78 is 5.97. The summed E-state index contributed by atoms with van der Waals surface area (Å²) in [6.07, 6.45) is 0. The number of nitrogens with zero attached hydrogens (tertiary/aromatic N) is 2. The molecule has 0 bridgehead atoms. The van der Waals surface area contributed by atoms with E-state index in [1.807, 2.05) is 6.92 Å². The van der Waals surface area contributed by atoms with Crippen LogP contribution in [0.5, 0.6) is 5.75 Å². The van der Waals surface area contributed by atoms with Crippen LogP contribution < -0.4 is 4.74 Å². The zero-order valence-corrected chi connectivity index (χ0v) is 12.8. The molecule has 0 saturated carbocycles. The first-order valence-electron chi connectivity index (χ1n) is 5.06. The Balaban J connectivity index is 2.62. The maximum Gasteiger partial charge on any atom is 0.164 e. The lowest BCUT2D eigenvalue weighted by molar-refractivity contribution is 0.416. The van der Waals surface area contributed by atoms with E-state index >= 15 is 0 Å². The van der Waals surface area contributed by atoms with E-state index < -0.39 is 0 Å². The van der Waals surface area contributed by atoms with Crippen LogP contribution in [-0.2, 0) is 0 Å². The van der Waals surface area contributed by atoms with Crippen molar-refractivity contribution >= 4 is 39.1 Å². The van der Waals surface area contributed by atoms with Crippen LogP contribution in [0.1, 0.15) is 5.69 Å². The van der Waals surface area contributed by atoms with E-state index in [0.29, 0.717) is 26.2 Å². The number of hydrogen-bond donors (Lipinski definition) is 0. The second kappa shape index (κ2) is 5.43. The van der Waals surface area contributed by atoms with Crippen LogP contribution >= 0.6 is 39.1 Å². The smallest absolute Gasteiger partial charge is 0.164 e. The number of hydrogen-bond acceptors (Lipinski definition) is 3. The highest BCUT2D eigenvalue weighted by Crippen LogP contribution is 2.33. The lowest BCUT2D eigenvalue weighted by Gasteiger charge is -2.09. The summed E-state index contributed by atoms with van der Waals surface area (Å²) in [7, 11) is 1.57. The molecule has 1 heterocycles. The molecule has 3 nitrogen and oxygen atoms in total. The van der Waals surface area contributed by atoms with Crippen molar-refractivity contribution < 1.29 is 4.74 Å². The van der Waals surface area contributed by atoms with Gasteiger partial charge in [-0.15, -0.1) is 0 Å². The monoisotopic (exact) mass is 346 g/mol. The van der Waals surface area contributed by atoms with Crippen LogP contribution in [0.25, 0.3) is 11.4 Å². The summed E-state index contributed by atoms with van der Waals surface area (Å²) in [5.41, 5.74) is 1.52. The molecule has 0 spiro atoms. The van der Waals surface area contributed by atoms with Gasteiger partial charge in [0.2, 0.25) is 0 Å². The largest absolute Gasteiger partial charge is 0.496 e. The molecule has 1 aromatic heterocycles. The summed E-state index contributed by atoms with van der Waals surface area (Å²) in [4.78, 5) is 8.60. The van der Waals surface area contributed by atoms with Gasteiger partial charge in [-0.3, -0.25) is 0 Å². The lowest BCUT2D eigenvalue weighted by Crippen LogP contribution is -1.96. The number of methoxy groups -OCH3 is 1. The van der Waals surface area contributed by atoms with Gasteiger partial charge in [-0.05, 0) is 41.1 Å². The number of aryl methyl sites for hydroxylation is 1. The number of benzene rings is 1. The van der Waals surface area contributed by atoms with Crippen LogP contribution in [0.4, 0.5) is 0 Å². The van der Waals surface area contributed by atoms with Crippen LogP contribution in [0, 0.1) is 6.92 Å². The third-order valence-corrected chi connectivity index (χ3v) is 4.07. The molecule has 0 unspecified atom stereocenters. The predicted molar refractivity (Wildman–Crippen MR) is 76.5 cm³/mol. The van der Waals surface area contributed by atoms with Gasteiger partial charge in [-0.2, -0.15) is 0 Å². The lowest BCUT2D eigenvalue weighted by atomic mass is 10.2. The normalized spacial score (nSPS) is 10.5. The molecule has 0 aliphatic heterocycles. The van der Waals surface area contributed by atoms with Gasteiger partial charge in [-0.1, -0.05) is 23.2 Å². The molecule has 0 aliphatic carbocycles. The van der Waals surface area contributed by atoms with E-state index in [9.17, 15) is 0 Å². The zero-order valence-electron chi connectivity index (χ0n) is 9.67. The summed E-state index contributed by atoms with van der Waals surface area (Å²) in [5, 5.41) is 0.963. The molecule has 2 aromatic rings. The Morgan fingerprint density at radius 1 is 1.22 bits per heavy atom. The van der Waals surface area contributed by atoms with Gasteiger partial charge < -0.3 is 4.74 Å². The molecule has 0 atom stereocenters. The maximum atomic E-state index is 6.03. The standard InChI is InChI=1S/C12H9BrCl2N2O/c1-6-10(13)11(15)17-12(16-6)8-4-3-7(14)5-9(8)18-2/h3-5H,1-2H3. The van der Waals surface area contributed by atoms with Crippen molar-refractivity contribution in [2.45, 2.75) is 6.92 Å². The van der Waals surface area contributed by atoms with Crippen molar-refractivity contribution in [3.8, 4) is 17.1 Å². The third kappa shape index (κ3) is 2.60. The fourth-order valence-corrected chi connectivity index (χ4v) is 2.05. The molecule has 18 heavy (non-hydrogen) atoms. The molecule has 0 fully saturated rings. The number of aromatic nitrogens is 2. The summed E-state index contributed by atoms with van der Waals surface area (Å²) in [6.45, 7) is 1.85. The Bertz CT molecular complexity index is 582. The molecule has 0 aliphatic rings. The van der Waals surface area contributed by atoms with Crippen molar-refractivity contribution in [3.05, 3.63) is 38.5 Å². The minimum atomic E-state index is 0.370. The van der Waals surface area contributed by atoms with E-state index in [4.69, 9.17) is 27.9 Å². The maximum absolute atomic E-state index is 6.03. The van der Waals surface area contributed by atoms with Crippen LogP contribution in [0.15, 0.2) is 22.7 Å². The molecular formula is C12H9BrCl2N2O. The average Bonchev–Trinajstić information content (AvgIpc) is 2.35. The Morgan fingerprint density at radius 2 is 1.94 bits per heavy atom. The van der Waals surface area contributed by atoms with Crippen LogP contribution in [0.3, 0.4) is 0 Å². The first-order valence-corrected chi connectivity index (χ1v) is 6.61. The van der Waals surface area contributed by atoms with E-state index in [1.165, 1.54) is 0 Å². The van der Waals surface area contributed by atoms with Crippen molar-refractivity contribution in [1.82, 2.24) is 9.97 Å². The topological polar surface area (TPSA) is 35.0 Å². The second-order valence-corrected chi connectivity index (χ2v) is 5.17. The molecule has 0 saturated heterocycles. The van der Waals surface area contributed by atoms with E-state index in [1.54, 1.807) is 25.3 Å². The highest BCUT2D eigenvalue weighted by Gasteiger charge is 2.13. The third-order valence-electron chi connectivity index (χ3n) is 2.38. The number of rotatable bonds is 2. The first-order chi connectivity index (χ1) is 8.52. The summed E-state index contributed by atoms with van der Waals surface area (Å²) in [5.74, 6) is 1.12. The number of halogens is 3. The van der Waals surface area contributed by atoms with Crippen LogP contribution in [-0.4, -0.2) is 17.1 Å². The SMILES string of the molecule is COc1cc(Cl)ccc1-c1nc(C)c(Br)c(Cl)n1. The van der Waals surface area contributed by atoms with Gasteiger partial charge in [0, 0.05) is 5.02 Å². The highest BCUT2D eigenvalue weighted by atomic mass is 79.9. The Labute approximate surface area is 123 Å². The minimum Gasteiger partial charge on any atom is -0.496 e. The molecule has 0 amide bonds. The average molecular weight is 348 g/mol. The van der Waals surface area contributed by atoms with Crippen molar-refractivity contribution in [2.75, 3.05) is 7.11 Å². The minimum absolute atomic E-state index is 0.370. The second-order valence-electron chi connectivity index (χ2n) is 3.58. The first kappa shape index (κ1) is 13.6. The van der Waals surface area contributed by atoms with Crippen molar-refractivity contribution in [3.63, 3.8) is 0 Å². The van der Waals surface area contributed by atoms with E-state index in [0.717, 1.165) is 11.3 Å². The zero-order chi connectivity index (χ0) is 13.3. The number of ether oxygens (including phenoxy) is 1. The Hall–Kier alpha value is -0.840. The van der Waals surface area contributed by atoms with Gasteiger partial charge in [0.05, 0.1) is 22.8 Å². The quantitative estimate of drug-likeness (QED) is 0.748. The molecular weight excluding hydrogens is 339 g/mol. The van der Waals surface area contributed by atoms with Gasteiger partial charge in [0.15, 0.2) is 5.82 Å². The fourth-order valence-electron chi connectivity index (χ4n) is 1.49. The fraction of sp³-hybridized carbons (Fsp3) is 0.167. The molecule has 1 aromatic carbocycles. The van der Waals surface area contributed by atoms with E-state index in [2.05, 4.69) is 25.9 Å². The molecule has 94 valence electrons. The van der Waals surface area contributed by atoms with Crippen LogP contribution in [0.2, 0.25) is 10.2 Å². The summed E-state index contributed by atoms with van der Waals surface area (Å²) in [6, 6.07) is 5.28. The summed E-state index contributed by atoms with van der Waals surface area (Å²) >= 11 is 15.3. The molecule has 0 radical (unpaired) electrons. The highest BCUT2D eigenvalue weighted by molar-refractivity contribution is 9.10. The van der Waals surface area contributed by atoms with Gasteiger partial charge in [0.1, 0.15) is 10.9 Å². The molecule has 2 rings (SSSR count). The van der Waals surface area contributed by atoms with Gasteiger partial charge in [-0.25, -0.2) is 9.97 Å². The van der Waals surface area contributed by atoms with Crippen molar-refractivity contribution in [2.24, 2.45) is 0 Å².